The fourth-order valence-electron chi connectivity index (χ4n) is 2.41. The quantitative estimate of drug-likeness (QED) is 0.434. The average molecular weight is 455 g/mol. The van der Waals surface area contributed by atoms with E-state index in [1.807, 2.05) is 42.6 Å². The zero-order valence-electron chi connectivity index (χ0n) is 11.2. The van der Waals surface area contributed by atoms with E-state index in [0.29, 0.717) is 0 Å². The van der Waals surface area contributed by atoms with Crippen LogP contribution in [0.1, 0.15) is 0 Å². The number of fused-ring (bicyclic) bond motifs is 3. The summed E-state index contributed by atoms with van der Waals surface area (Å²) in [6, 6.07) is 14.8. The maximum Gasteiger partial charge on any atom is 0.122 e. The van der Waals surface area contributed by atoms with Crippen LogP contribution in [0.3, 0.4) is 0 Å². The number of aromatic nitrogens is 2. The predicted octanol–water partition coefficient (Wildman–Crippen LogP) is 3.58. The molecule has 0 amide bonds. The van der Waals surface area contributed by atoms with Crippen molar-refractivity contribution < 1.29 is 29.3 Å². The van der Waals surface area contributed by atoms with Crippen molar-refractivity contribution >= 4 is 21.9 Å². The minimum absolute atomic E-state index is 0. The molecule has 4 rings (SSSR count). The Kier molecular flexibility index (Phi) is 3.53. The molecule has 0 spiro atoms. The topological polar surface area (TPSA) is 40.2 Å². The minimum atomic E-state index is 0. The summed E-state index contributed by atoms with van der Waals surface area (Å²) in [6.45, 7) is 0. The minimum Gasteiger partial charge on any atom is -0.513 e. The van der Waals surface area contributed by atoms with Gasteiger partial charge in [-0.15, -0.1) is 0 Å². The monoisotopic (exact) mass is 456 g/mol. The summed E-state index contributed by atoms with van der Waals surface area (Å²) in [7, 11) is 1.65. The molecule has 0 bridgehead atoms. The Labute approximate surface area is 134 Å². The molecule has 5 heteroatoms. The van der Waals surface area contributed by atoms with Crippen LogP contribution in [-0.2, 0) is 20.1 Å². The summed E-state index contributed by atoms with van der Waals surface area (Å²) in [4.78, 5) is 0. The molecule has 1 radical (unpaired) electrons. The summed E-state index contributed by atoms with van der Waals surface area (Å²) < 4.78 is 13.0. The Morgan fingerprint density at radius 1 is 1.24 bits per heavy atom. The van der Waals surface area contributed by atoms with Gasteiger partial charge >= 0.3 is 0 Å². The van der Waals surface area contributed by atoms with Crippen LogP contribution in [0.5, 0.6) is 5.75 Å². The van der Waals surface area contributed by atoms with E-state index >= 15 is 0 Å². The molecule has 0 unspecified atom stereocenters. The number of nitrogens with zero attached hydrogens (tertiary/aromatic N) is 2. The van der Waals surface area contributed by atoms with Crippen LogP contribution in [0.4, 0.5) is 0 Å². The van der Waals surface area contributed by atoms with E-state index in [4.69, 9.17) is 9.15 Å². The van der Waals surface area contributed by atoms with Gasteiger partial charge < -0.3 is 9.15 Å². The molecule has 107 valence electrons. The summed E-state index contributed by atoms with van der Waals surface area (Å²) >= 11 is 0. The standard InChI is InChI=1S/C16H11N2O2.Ir/c1-19-11-6-7-12-13-4-2-5-14(18-9-3-8-17-18)16(13)20-15(12)10-11;/h2-4,6-10H,1H3;/q-1;. The number of furan rings is 1. The Bertz CT molecular complexity index is 897. The molecular formula is C16H11IrN2O2-. The van der Waals surface area contributed by atoms with Crippen molar-refractivity contribution in [3.63, 3.8) is 0 Å². The van der Waals surface area contributed by atoms with Crippen LogP contribution in [-0.4, -0.2) is 16.9 Å². The second kappa shape index (κ2) is 5.35. The van der Waals surface area contributed by atoms with Crippen LogP contribution in [0.15, 0.2) is 53.2 Å². The molecule has 2 aromatic heterocycles. The van der Waals surface area contributed by atoms with E-state index in [0.717, 1.165) is 33.4 Å². The van der Waals surface area contributed by atoms with Crippen molar-refractivity contribution in [2.24, 2.45) is 0 Å². The van der Waals surface area contributed by atoms with Gasteiger partial charge in [0.1, 0.15) is 11.3 Å². The van der Waals surface area contributed by atoms with Crippen LogP contribution >= 0.6 is 0 Å². The molecule has 0 fully saturated rings. The smallest absolute Gasteiger partial charge is 0.122 e. The van der Waals surface area contributed by atoms with Crippen molar-refractivity contribution in [3.05, 3.63) is 54.9 Å². The van der Waals surface area contributed by atoms with Crippen molar-refractivity contribution in [3.8, 4) is 11.4 Å². The van der Waals surface area contributed by atoms with E-state index in [9.17, 15) is 0 Å². The summed E-state index contributed by atoms with van der Waals surface area (Å²) in [5, 5.41) is 6.35. The van der Waals surface area contributed by atoms with Gasteiger partial charge in [-0.25, -0.2) is 0 Å². The third kappa shape index (κ3) is 2.15. The first-order valence-corrected chi connectivity index (χ1v) is 6.28. The maximum absolute atomic E-state index is 5.98. The van der Waals surface area contributed by atoms with Crippen molar-refractivity contribution in [1.29, 1.82) is 0 Å². The fourth-order valence-corrected chi connectivity index (χ4v) is 2.41. The molecule has 0 atom stereocenters. The molecule has 0 N–H and O–H groups in total. The Balaban J connectivity index is 0.00000132. The Morgan fingerprint density at radius 3 is 2.90 bits per heavy atom. The predicted molar refractivity (Wildman–Crippen MR) is 76.2 cm³/mol. The van der Waals surface area contributed by atoms with Crippen LogP contribution < -0.4 is 4.74 Å². The van der Waals surface area contributed by atoms with Gasteiger partial charge in [0.15, 0.2) is 0 Å². The fraction of sp³-hybridized carbons (Fsp3) is 0.0625. The molecule has 0 saturated heterocycles. The normalized spacial score (nSPS) is 10.7. The van der Waals surface area contributed by atoms with Gasteiger partial charge in [0, 0.05) is 49.5 Å². The molecule has 21 heavy (non-hydrogen) atoms. The molecule has 0 aliphatic rings. The van der Waals surface area contributed by atoms with Gasteiger partial charge in [-0.05, 0) is 23.9 Å². The number of methoxy groups -OCH3 is 1. The SMILES string of the molecule is COc1ccc2c(c1)oc1c(-n3cccn3)[c-]ccc12.[Ir]. The van der Waals surface area contributed by atoms with Crippen LogP contribution in [0.25, 0.3) is 27.6 Å². The van der Waals surface area contributed by atoms with Crippen molar-refractivity contribution in [2.45, 2.75) is 0 Å². The molecule has 2 aromatic carbocycles. The van der Waals surface area contributed by atoms with E-state index in [1.54, 1.807) is 18.0 Å². The number of ether oxygens (including phenoxy) is 1. The van der Waals surface area contributed by atoms with Gasteiger partial charge in [-0.1, -0.05) is 5.39 Å². The molecule has 0 aliphatic heterocycles. The van der Waals surface area contributed by atoms with E-state index < -0.39 is 0 Å². The summed E-state index contributed by atoms with van der Waals surface area (Å²) in [6.07, 6.45) is 3.61. The first kappa shape index (κ1) is 13.9. The van der Waals surface area contributed by atoms with E-state index in [1.165, 1.54) is 0 Å². The molecular weight excluding hydrogens is 444 g/mol. The number of benzene rings is 2. The van der Waals surface area contributed by atoms with E-state index in [-0.39, 0.29) is 20.1 Å². The van der Waals surface area contributed by atoms with E-state index in [2.05, 4.69) is 11.2 Å². The molecule has 2 heterocycles. The van der Waals surface area contributed by atoms with Gasteiger partial charge in [0.2, 0.25) is 0 Å². The third-order valence-electron chi connectivity index (χ3n) is 3.35. The van der Waals surface area contributed by atoms with Crippen molar-refractivity contribution in [1.82, 2.24) is 9.78 Å². The Hall–Kier alpha value is -2.10. The van der Waals surface area contributed by atoms with Crippen LogP contribution in [0.2, 0.25) is 0 Å². The second-order valence-corrected chi connectivity index (χ2v) is 4.48. The van der Waals surface area contributed by atoms with Gasteiger partial charge in [0.25, 0.3) is 0 Å². The maximum atomic E-state index is 5.98. The molecule has 0 aliphatic carbocycles. The molecule has 0 saturated carbocycles. The van der Waals surface area contributed by atoms with Crippen molar-refractivity contribution in [2.75, 3.05) is 7.11 Å². The number of rotatable bonds is 2. The second-order valence-electron chi connectivity index (χ2n) is 4.48. The van der Waals surface area contributed by atoms with Gasteiger partial charge in [-0.2, -0.15) is 23.3 Å². The van der Waals surface area contributed by atoms with Gasteiger partial charge in [-0.3, -0.25) is 4.68 Å². The Morgan fingerprint density at radius 2 is 2.14 bits per heavy atom. The molecule has 4 aromatic rings. The first-order valence-electron chi connectivity index (χ1n) is 6.28. The van der Waals surface area contributed by atoms with Gasteiger partial charge in [0.05, 0.1) is 7.11 Å². The summed E-state index contributed by atoms with van der Waals surface area (Å²) in [5.74, 6) is 0.779. The zero-order chi connectivity index (χ0) is 13.5. The zero-order valence-corrected chi connectivity index (χ0v) is 13.6. The van der Waals surface area contributed by atoms with Crippen LogP contribution in [0, 0.1) is 6.07 Å². The summed E-state index contributed by atoms with van der Waals surface area (Å²) in [5.41, 5.74) is 2.38. The number of hydrogen-bond acceptors (Lipinski definition) is 3. The molecule has 4 nitrogen and oxygen atoms in total. The largest absolute Gasteiger partial charge is 0.513 e. The first-order chi connectivity index (χ1) is 9.86. The average Bonchev–Trinajstić information content (AvgIpc) is 3.13. The third-order valence-corrected chi connectivity index (χ3v) is 3.35. The number of hydrogen-bond donors (Lipinski definition) is 0.